The number of methoxy groups -OCH3 is 1. The van der Waals surface area contributed by atoms with Crippen LogP contribution in [0.2, 0.25) is 0 Å². The standard InChI is InChI=1S/C30H25F3N2O5S/c1-3-38-17-18-39-27-20(7-6-9-24(27)37-2)13-16-22-26(19-11-14-21(15-12-19)40-30(31,32)33)28(36)35-23-8-4-5-10-25(23)41-29(35)34-22/h4-16H,3,17-18H2,1-2H3/b16-13+. The van der Waals surface area contributed by atoms with Crippen LogP contribution >= 0.6 is 11.3 Å². The molecule has 0 fully saturated rings. The van der Waals surface area contributed by atoms with Crippen molar-refractivity contribution >= 4 is 38.7 Å². The summed E-state index contributed by atoms with van der Waals surface area (Å²) in [7, 11) is 1.54. The van der Waals surface area contributed by atoms with E-state index in [-0.39, 0.29) is 11.1 Å². The molecule has 2 heterocycles. The molecule has 5 rings (SSSR count). The van der Waals surface area contributed by atoms with Crippen molar-refractivity contribution in [2.75, 3.05) is 26.9 Å². The summed E-state index contributed by atoms with van der Waals surface area (Å²) in [4.78, 5) is 19.2. The average Bonchev–Trinajstić information content (AvgIpc) is 3.33. The lowest BCUT2D eigenvalue weighted by Gasteiger charge is -2.13. The minimum Gasteiger partial charge on any atom is -0.493 e. The number of hydrogen-bond acceptors (Lipinski definition) is 7. The highest BCUT2D eigenvalue weighted by atomic mass is 32.1. The monoisotopic (exact) mass is 582 g/mol. The summed E-state index contributed by atoms with van der Waals surface area (Å²) in [6.07, 6.45) is -1.38. The first kappa shape index (κ1) is 28.2. The number of para-hydroxylation sites is 2. The van der Waals surface area contributed by atoms with Crippen LogP contribution < -0.4 is 19.8 Å². The van der Waals surface area contributed by atoms with Crippen molar-refractivity contribution in [1.82, 2.24) is 9.38 Å². The normalized spacial score (nSPS) is 11.9. The Morgan fingerprint density at radius 2 is 1.76 bits per heavy atom. The van der Waals surface area contributed by atoms with Gasteiger partial charge < -0.3 is 18.9 Å². The molecule has 11 heteroatoms. The Labute approximate surface area is 237 Å². The molecule has 0 radical (unpaired) electrons. The molecule has 0 spiro atoms. The van der Waals surface area contributed by atoms with Crippen LogP contribution in [0.15, 0.2) is 71.5 Å². The Morgan fingerprint density at radius 1 is 0.976 bits per heavy atom. The predicted octanol–water partition coefficient (Wildman–Crippen LogP) is 7.07. The highest BCUT2D eigenvalue weighted by Gasteiger charge is 2.31. The molecule has 3 aromatic carbocycles. The van der Waals surface area contributed by atoms with Crippen molar-refractivity contribution in [1.29, 1.82) is 0 Å². The molecule has 0 atom stereocenters. The van der Waals surface area contributed by atoms with Gasteiger partial charge in [-0.3, -0.25) is 9.20 Å². The largest absolute Gasteiger partial charge is 0.573 e. The molecular formula is C30H25F3N2O5S. The van der Waals surface area contributed by atoms with E-state index in [1.54, 1.807) is 25.3 Å². The Morgan fingerprint density at radius 3 is 2.49 bits per heavy atom. The zero-order valence-electron chi connectivity index (χ0n) is 22.1. The highest BCUT2D eigenvalue weighted by molar-refractivity contribution is 7.23. The number of ether oxygens (including phenoxy) is 4. The number of hydrogen-bond donors (Lipinski definition) is 0. The fourth-order valence-electron chi connectivity index (χ4n) is 4.33. The zero-order valence-corrected chi connectivity index (χ0v) is 22.9. The Balaban J connectivity index is 1.63. The van der Waals surface area contributed by atoms with Gasteiger partial charge in [0.25, 0.3) is 5.56 Å². The number of nitrogens with zero attached hydrogens (tertiary/aromatic N) is 2. The lowest BCUT2D eigenvalue weighted by Crippen LogP contribution is -2.18. The Kier molecular flexibility index (Phi) is 8.27. The summed E-state index contributed by atoms with van der Waals surface area (Å²) in [6.45, 7) is 3.17. The maximum absolute atomic E-state index is 13.9. The molecule has 0 aliphatic rings. The molecule has 0 unspecified atom stereocenters. The number of benzene rings is 3. The van der Waals surface area contributed by atoms with Gasteiger partial charge in [-0.1, -0.05) is 47.7 Å². The van der Waals surface area contributed by atoms with E-state index in [1.165, 1.54) is 40.0 Å². The number of fused-ring (bicyclic) bond motifs is 3. The van der Waals surface area contributed by atoms with Crippen molar-refractivity contribution in [3.63, 3.8) is 0 Å². The number of alkyl halides is 3. The quantitative estimate of drug-likeness (QED) is 0.164. The minimum absolute atomic E-state index is 0.225. The molecule has 0 saturated carbocycles. The topological polar surface area (TPSA) is 71.3 Å². The van der Waals surface area contributed by atoms with E-state index in [9.17, 15) is 18.0 Å². The van der Waals surface area contributed by atoms with Crippen molar-refractivity contribution in [3.8, 4) is 28.4 Å². The van der Waals surface area contributed by atoms with Crippen LogP contribution in [-0.4, -0.2) is 42.7 Å². The molecule has 0 N–H and O–H groups in total. The second-order valence-corrected chi connectivity index (χ2v) is 9.70. The second kappa shape index (κ2) is 12.0. The molecule has 5 aromatic rings. The molecule has 0 aliphatic heterocycles. The first-order valence-corrected chi connectivity index (χ1v) is 13.5. The van der Waals surface area contributed by atoms with E-state index >= 15 is 0 Å². The summed E-state index contributed by atoms with van der Waals surface area (Å²) in [5.74, 6) is 0.636. The lowest BCUT2D eigenvalue weighted by molar-refractivity contribution is -0.274. The third-order valence-electron chi connectivity index (χ3n) is 6.09. The van der Waals surface area contributed by atoms with Crippen LogP contribution in [0.25, 0.3) is 38.5 Å². The van der Waals surface area contributed by atoms with Crippen molar-refractivity contribution < 1.29 is 32.1 Å². The van der Waals surface area contributed by atoms with Crippen LogP contribution in [0.5, 0.6) is 17.2 Å². The second-order valence-electron chi connectivity index (χ2n) is 8.69. The maximum Gasteiger partial charge on any atom is 0.573 e. The van der Waals surface area contributed by atoms with E-state index < -0.39 is 12.1 Å². The minimum atomic E-state index is -4.83. The van der Waals surface area contributed by atoms with Crippen LogP contribution in [0.3, 0.4) is 0 Å². The van der Waals surface area contributed by atoms with E-state index in [2.05, 4.69) is 4.74 Å². The smallest absolute Gasteiger partial charge is 0.493 e. The fourth-order valence-corrected chi connectivity index (χ4v) is 5.36. The summed E-state index contributed by atoms with van der Waals surface area (Å²) >= 11 is 1.36. The summed E-state index contributed by atoms with van der Waals surface area (Å²) < 4.78 is 61.4. The third-order valence-corrected chi connectivity index (χ3v) is 7.11. The molecule has 0 bridgehead atoms. The van der Waals surface area contributed by atoms with Crippen molar-refractivity contribution in [2.24, 2.45) is 0 Å². The summed E-state index contributed by atoms with van der Waals surface area (Å²) in [5.41, 5.74) is 1.97. The highest BCUT2D eigenvalue weighted by Crippen LogP contribution is 2.34. The molecule has 212 valence electrons. The average molecular weight is 583 g/mol. The number of aromatic nitrogens is 2. The van der Waals surface area contributed by atoms with Crippen molar-refractivity contribution in [2.45, 2.75) is 13.3 Å². The van der Waals surface area contributed by atoms with Crippen LogP contribution in [0, 0.1) is 0 Å². The maximum atomic E-state index is 13.9. The first-order chi connectivity index (χ1) is 19.8. The fraction of sp³-hybridized carbons (Fsp3) is 0.200. The molecule has 0 saturated heterocycles. The van der Waals surface area contributed by atoms with E-state index in [4.69, 9.17) is 19.2 Å². The molecule has 0 amide bonds. The Hall–Kier alpha value is -4.35. The van der Waals surface area contributed by atoms with E-state index in [1.807, 2.05) is 43.3 Å². The van der Waals surface area contributed by atoms with Gasteiger partial charge in [0.2, 0.25) is 0 Å². The van der Waals surface area contributed by atoms with Crippen LogP contribution in [0.1, 0.15) is 18.2 Å². The molecule has 7 nitrogen and oxygen atoms in total. The number of thiazole rings is 1. The predicted molar refractivity (Wildman–Crippen MR) is 153 cm³/mol. The first-order valence-electron chi connectivity index (χ1n) is 12.6. The SMILES string of the molecule is CCOCCOc1c(/C=C/c2nc3sc4ccccc4n3c(=O)c2-c2ccc(OC(F)(F)F)cc2)cccc1OC. The van der Waals surface area contributed by atoms with E-state index in [0.29, 0.717) is 58.6 Å². The van der Waals surface area contributed by atoms with Gasteiger partial charge >= 0.3 is 6.36 Å². The van der Waals surface area contributed by atoms with Gasteiger partial charge in [0.1, 0.15) is 12.4 Å². The van der Waals surface area contributed by atoms with Crippen LogP contribution in [-0.2, 0) is 4.74 Å². The molecular weight excluding hydrogens is 557 g/mol. The summed E-state index contributed by atoms with van der Waals surface area (Å²) in [5, 5.41) is 0. The number of rotatable bonds is 10. The van der Waals surface area contributed by atoms with Gasteiger partial charge in [-0.25, -0.2) is 4.98 Å². The van der Waals surface area contributed by atoms with Gasteiger partial charge in [0, 0.05) is 12.2 Å². The van der Waals surface area contributed by atoms with Crippen LogP contribution in [0.4, 0.5) is 13.2 Å². The third kappa shape index (κ3) is 6.21. The van der Waals surface area contributed by atoms with Gasteiger partial charge in [-0.2, -0.15) is 0 Å². The van der Waals surface area contributed by atoms with E-state index in [0.717, 1.165) is 4.70 Å². The van der Waals surface area contributed by atoms with Gasteiger partial charge in [-0.15, -0.1) is 13.2 Å². The molecule has 41 heavy (non-hydrogen) atoms. The molecule has 0 aliphatic carbocycles. The van der Waals surface area contributed by atoms with Gasteiger partial charge in [0.15, 0.2) is 16.5 Å². The molecule has 2 aromatic heterocycles. The van der Waals surface area contributed by atoms with Gasteiger partial charge in [-0.05, 0) is 55.0 Å². The van der Waals surface area contributed by atoms with Gasteiger partial charge in [0.05, 0.1) is 35.2 Å². The zero-order chi connectivity index (χ0) is 29.0. The summed E-state index contributed by atoms with van der Waals surface area (Å²) in [6, 6.07) is 18.0. The van der Waals surface area contributed by atoms with Crippen molar-refractivity contribution in [3.05, 3.63) is 88.3 Å². The Bertz CT molecular complexity index is 1760. The lowest BCUT2D eigenvalue weighted by atomic mass is 10.0. The number of halogens is 3.